The number of hydrogen-bond donors (Lipinski definition) is 1. The highest BCUT2D eigenvalue weighted by molar-refractivity contribution is 6.67. The van der Waals surface area contributed by atoms with Gasteiger partial charge in [-0.1, -0.05) is 13.2 Å². The van der Waals surface area contributed by atoms with Crippen LogP contribution >= 0.6 is 11.6 Å². The molecule has 1 N–H and O–H groups in total. The summed E-state index contributed by atoms with van der Waals surface area (Å²) in [5.74, 6) is -1.000. The summed E-state index contributed by atoms with van der Waals surface area (Å²) in [5, 5.41) is 7.87. The Morgan fingerprint density at radius 1 is 1.41 bits per heavy atom. The Balaban J connectivity index is 0. The standard InChI is InChI=1S/C7H9NO3.C4H5ClO/c1-6(7(10)11)3-2-4-8-5-9;1-3(2)4(5)6/h1-4H2,(H,10,11);1H2,2H3. The van der Waals surface area contributed by atoms with Crippen molar-refractivity contribution in [2.24, 2.45) is 4.99 Å². The van der Waals surface area contributed by atoms with Crippen molar-refractivity contribution in [3.63, 3.8) is 0 Å². The highest BCUT2D eigenvalue weighted by Crippen LogP contribution is 2.01. The quantitative estimate of drug-likeness (QED) is 0.260. The number of aliphatic carboxylic acids is 1. The van der Waals surface area contributed by atoms with Gasteiger partial charge in [-0.3, -0.25) is 4.79 Å². The molecule has 0 rings (SSSR count). The maximum absolute atomic E-state index is 10.2. The van der Waals surface area contributed by atoms with E-state index in [1.165, 1.54) is 6.08 Å². The van der Waals surface area contributed by atoms with Crippen LogP contribution in [-0.4, -0.2) is 28.9 Å². The van der Waals surface area contributed by atoms with Crippen LogP contribution in [0.2, 0.25) is 0 Å². The largest absolute Gasteiger partial charge is 0.478 e. The second kappa shape index (κ2) is 10.8. The summed E-state index contributed by atoms with van der Waals surface area (Å²) < 4.78 is 0. The molecule has 0 saturated carbocycles. The molecule has 17 heavy (non-hydrogen) atoms. The van der Waals surface area contributed by atoms with E-state index in [2.05, 4.69) is 18.2 Å². The van der Waals surface area contributed by atoms with Crippen molar-refractivity contribution in [1.29, 1.82) is 0 Å². The first-order valence-electron chi connectivity index (χ1n) is 4.63. The summed E-state index contributed by atoms with van der Waals surface area (Å²) >= 11 is 4.87. The van der Waals surface area contributed by atoms with Crippen LogP contribution in [-0.2, 0) is 14.4 Å². The molecule has 0 radical (unpaired) electrons. The monoisotopic (exact) mass is 259 g/mol. The maximum Gasteiger partial charge on any atom is 0.330 e. The average molecular weight is 260 g/mol. The fourth-order valence-corrected chi connectivity index (χ4v) is 0.524. The predicted octanol–water partition coefficient (Wildman–Crippen LogP) is 2.07. The molecule has 0 aromatic carbocycles. The van der Waals surface area contributed by atoms with Crippen LogP contribution in [0.25, 0.3) is 0 Å². The molecule has 0 bridgehead atoms. The van der Waals surface area contributed by atoms with Crippen molar-refractivity contribution >= 4 is 28.9 Å². The van der Waals surface area contributed by atoms with Crippen molar-refractivity contribution in [3.8, 4) is 0 Å². The smallest absolute Gasteiger partial charge is 0.330 e. The minimum absolute atomic E-state index is 0.145. The third-order valence-corrected chi connectivity index (χ3v) is 1.77. The molecule has 0 heterocycles. The second-order valence-corrected chi connectivity index (χ2v) is 3.38. The molecule has 0 aliphatic carbocycles. The lowest BCUT2D eigenvalue weighted by molar-refractivity contribution is -0.132. The molecule has 6 heteroatoms. The zero-order valence-electron chi connectivity index (χ0n) is 9.53. The van der Waals surface area contributed by atoms with Gasteiger partial charge in [-0.05, 0) is 31.4 Å². The lowest BCUT2D eigenvalue weighted by atomic mass is 10.2. The Kier molecular flexibility index (Phi) is 11.2. The van der Waals surface area contributed by atoms with E-state index >= 15 is 0 Å². The Bertz CT molecular complexity index is 344. The van der Waals surface area contributed by atoms with E-state index in [0.29, 0.717) is 25.0 Å². The van der Waals surface area contributed by atoms with Gasteiger partial charge in [0.2, 0.25) is 11.3 Å². The summed E-state index contributed by atoms with van der Waals surface area (Å²) in [6.45, 7) is 8.47. The van der Waals surface area contributed by atoms with Crippen molar-refractivity contribution in [1.82, 2.24) is 0 Å². The Labute approximate surface area is 104 Å². The first kappa shape index (κ1) is 17.7. The van der Waals surface area contributed by atoms with Crippen LogP contribution in [0.5, 0.6) is 0 Å². The number of carboxylic acid groups (broad SMARTS) is 1. The lowest BCUT2D eigenvalue weighted by Crippen LogP contribution is -1.99. The van der Waals surface area contributed by atoms with Crippen molar-refractivity contribution in [2.45, 2.75) is 19.8 Å². The Morgan fingerprint density at radius 2 is 1.88 bits per heavy atom. The third kappa shape index (κ3) is 14.3. The molecule has 0 amide bonds. The van der Waals surface area contributed by atoms with Gasteiger partial charge >= 0.3 is 5.97 Å². The van der Waals surface area contributed by atoms with Crippen LogP contribution in [0.4, 0.5) is 0 Å². The molecule has 0 unspecified atom stereocenters. The third-order valence-electron chi connectivity index (χ3n) is 1.45. The molecule has 94 valence electrons. The van der Waals surface area contributed by atoms with Crippen LogP contribution in [0.3, 0.4) is 0 Å². The number of aliphatic imine (C=N–C) groups is 1. The molecule has 0 spiro atoms. The van der Waals surface area contributed by atoms with Crippen molar-refractivity contribution in [2.75, 3.05) is 6.54 Å². The number of carbonyl (C=O) groups excluding carboxylic acids is 2. The van der Waals surface area contributed by atoms with Gasteiger partial charge in [-0.15, -0.1) is 0 Å². The number of allylic oxidation sites excluding steroid dienone is 1. The number of carboxylic acids is 1. The first-order chi connectivity index (χ1) is 7.82. The van der Waals surface area contributed by atoms with Gasteiger partial charge < -0.3 is 5.11 Å². The van der Waals surface area contributed by atoms with E-state index in [0.717, 1.165) is 0 Å². The van der Waals surface area contributed by atoms with Gasteiger partial charge in [0.05, 0.1) is 6.54 Å². The molecule has 0 atom stereocenters. The van der Waals surface area contributed by atoms with Crippen molar-refractivity contribution < 1.29 is 19.5 Å². The Hall–Kier alpha value is -1.71. The van der Waals surface area contributed by atoms with Gasteiger partial charge in [0.15, 0.2) is 0 Å². The van der Waals surface area contributed by atoms with Crippen LogP contribution in [0, 0.1) is 0 Å². The lowest BCUT2D eigenvalue weighted by Gasteiger charge is -1.95. The minimum atomic E-state index is -1.000. The number of isocyanates is 1. The molecular weight excluding hydrogens is 246 g/mol. The minimum Gasteiger partial charge on any atom is -0.478 e. The summed E-state index contributed by atoms with van der Waals surface area (Å²) in [4.78, 5) is 32.8. The van der Waals surface area contributed by atoms with E-state index in [9.17, 15) is 14.4 Å². The molecule has 0 fully saturated rings. The highest BCUT2D eigenvalue weighted by atomic mass is 35.5. The maximum atomic E-state index is 10.2. The second-order valence-electron chi connectivity index (χ2n) is 3.04. The van der Waals surface area contributed by atoms with Gasteiger partial charge in [-0.2, -0.15) is 0 Å². The van der Waals surface area contributed by atoms with Gasteiger partial charge in [0.1, 0.15) is 0 Å². The number of hydrogen-bond acceptors (Lipinski definition) is 4. The first-order valence-corrected chi connectivity index (χ1v) is 5.00. The van der Waals surface area contributed by atoms with Gasteiger partial charge in [0, 0.05) is 11.1 Å². The number of nitrogens with zero attached hydrogens (tertiary/aromatic N) is 1. The van der Waals surface area contributed by atoms with Crippen LogP contribution in [0.15, 0.2) is 29.3 Å². The van der Waals surface area contributed by atoms with Crippen LogP contribution < -0.4 is 0 Å². The zero-order chi connectivity index (χ0) is 13.8. The summed E-state index contributed by atoms with van der Waals surface area (Å²) in [7, 11) is 0. The normalized spacial score (nSPS) is 8.12. The van der Waals surface area contributed by atoms with Crippen molar-refractivity contribution in [3.05, 3.63) is 24.3 Å². The predicted molar refractivity (Wildman–Crippen MR) is 64.7 cm³/mol. The summed E-state index contributed by atoms with van der Waals surface area (Å²) in [6, 6.07) is 0. The SMILES string of the molecule is C=C(C)C(=O)Cl.C=C(CCCN=C=O)C(=O)O. The van der Waals surface area contributed by atoms with Gasteiger partial charge in [-0.25, -0.2) is 14.6 Å². The number of halogens is 1. The molecule has 0 aromatic heterocycles. The van der Waals surface area contributed by atoms with E-state index in [1.807, 2.05) is 0 Å². The number of rotatable bonds is 6. The zero-order valence-corrected chi connectivity index (χ0v) is 10.3. The molecule has 0 aliphatic rings. The summed E-state index contributed by atoms with van der Waals surface area (Å²) in [6.07, 6.45) is 2.26. The fraction of sp³-hybridized carbons (Fsp3) is 0.364. The molecule has 0 aliphatic heterocycles. The van der Waals surface area contributed by atoms with E-state index < -0.39 is 11.2 Å². The average Bonchev–Trinajstić information content (AvgIpc) is 2.24. The topological polar surface area (TPSA) is 83.8 Å². The van der Waals surface area contributed by atoms with Gasteiger partial charge in [0.25, 0.3) is 0 Å². The molecule has 5 nitrogen and oxygen atoms in total. The van der Waals surface area contributed by atoms with E-state index in [1.54, 1.807) is 6.92 Å². The van der Waals surface area contributed by atoms with E-state index in [4.69, 9.17) is 16.7 Å². The Morgan fingerprint density at radius 3 is 2.18 bits per heavy atom. The van der Waals surface area contributed by atoms with Crippen LogP contribution in [0.1, 0.15) is 19.8 Å². The number of carbonyl (C=O) groups is 2. The molecule has 0 aromatic rings. The highest BCUT2D eigenvalue weighted by Gasteiger charge is 2.01. The fourth-order valence-electron chi connectivity index (χ4n) is 0.524. The summed E-state index contributed by atoms with van der Waals surface area (Å²) in [5.41, 5.74) is 0.530. The molecular formula is C11H14ClNO4. The molecule has 0 saturated heterocycles. The van der Waals surface area contributed by atoms with E-state index in [-0.39, 0.29) is 5.57 Å².